The van der Waals surface area contributed by atoms with E-state index in [2.05, 4.69) is 11.8 Å². The molecule has 1 N–H and O–H groups in total. The monoisotopic (exact) mass is 182 g/mol. The van der Waals surface area contributed by atoms with Crippen LogP contribution in [0.25, 0.3) is 0 Å². The molecule has 0 rings (SSSR count). The van der Waals surface area contributed by atoms with Crippen molar-refractivity contribution in [2.75, 3.05) is 0 Å². The highest BCUT2D eigenvalue weighted by molar-refractivity contribution is 5.88. The Labute approximate surface area is 80.3 Å². The molecule has 0 aliphatic rings. The predicted molar refractivity (Wildman–Crippen MR) is 53.2 cm³/mol. The van der Waals surface area contributed by atoms with Gasteiger partial charge < -0.3 is 5.11 Å². The van der Waals surface area contributed by atoms with E-state index in [4.69, 9.17) is 0 Å². The molecule has 2 heteroatoms. The molecule has 0 fully saturated rings. The lowest BCUT2D eigenvalue weighted by Crippen LogP contribution is -2.30. The smallest absolute Gasteiger partial charge is 0.175 e. The quantitative estimate of drug-likeness (QED) is 0.661. The highest BCUT2D eigenvalue weighted by Gasteiger charge is 2.22. The third-order valence-electron chi connectivity index (χ3n) is 1.39. The summed E-state index contributed by atoms with van der Waals surface area (Å²) in [5, 5.41) is 9.30. The van der Waals surface area contributed by atoms with Crippen molar-refractivity contribution >= 4 is 5.78 Å². The normalized spacial score (nSPS) is 11.8. The Bertz CT molecular complexity index is 240. The Balaban J connectivity index is 4.18. The molecule has 2 nitrogen and oxygen atoms in total. The third kappa shape index (κ3) is 6.36. The SMILES string of the molecule is CC(C)(C)C#CCC(=O)C(C)(C)O. The summed E-state index contributed by atoms with van der Waals surface area (Å²) in [5.74, 6) is 5.48. The van der Waals surface area contributed by atoms with Crippen LogP contribution in [0.1, 0.15) is 41.0 Å². The summed E-state index contributed by atoms with van der Waals surface area (Å²) < 4.78 is 0. The minimum atomic E-state index is -1.26. The van der Waals surface area contributed by atoms with Crippen molar-refractivity contribution < 1.29 is 9.90 Å². The van der Waals surface area contributed by atoms with Crippen LogP contribution >= 0.6 is 0 Å². The van der Waals surface area contributed by atoms with Crippen LogP contribution in [0.5, 0.6) is 0 Å². The summed E-state index contributed by atoms with van der Waals surface area (Å²) in [7, 11) is 0. The van der Waals surface area contributed by atoms with Crippen molar-refractivity contribution in [1.29, 1.82) is 0 Å². The van der Waals surface area contributed by atoms with Crippen LogP contribution in [-0.2, 0) is 4.79 Å². The number of rotatable bonds is 2. The standard InChI is InChI=1S/C11H18O2/c1-10(2,3)8-6-7-9(12)11(4,5)13/h13H,7H2,1-5H3. The molecule has 0 aliphatic heterocycles. The Kier molecular flexibility index (Phi) is 3.69. The number of carbonyl (C=O) groups excluding carboxylic acids is 1. The number of hydrogen-bond donors (Lipinski definition) is 1. The molecule has 0 heterocycles. The summed E-state index contributed by atoms with van der Waals surface area (Å²) in [5.41, 5.74) is -1.34. The summed E-state index contributed by atoms with van der Waals surface area (Å²) in [4.78, 5) is 11.2. The Morgan fingerprint density at radius 3 is 2.00 bits per heavy atom. The van der Waals surface area contributed by atoms with Gasteiger partial charge in [-0.25, -0.2) is 0 Å². The fourth-order valence-electron chi connectivity index (χ4n) is 0.606. The van der Waals surface area contributed by atoms with E-state index in [0.29, 0.717) is 0 Å². The number of hydrogen-bond acceptors (Lipinski definition) is 2. The highest BCUT2D eigenvalue weighted by Crippen LogP contribution is 2.11. The Hall–Kier alpha value is -0.810. The van der Waals surface area contributed by atoms with E-state index in [-0.39, 0.29) is 17.6 Å². The van der Waals surface area contributed by atoms with Gasteiger partial charge in [0.2, 0.25) is 0 Å². The number of Topliss-reactive ketones (excluding diaryl/α,β-unsaturated/α-hetero) is 1. The minimum Gasteiger partial charge on any atom is -0.383 e. The average molecular weight is 182 g/mol. The van der Waals surface area contributed by atoms with Gasteiger partial charge in [0.05, 0.1) is 6.42 Å². The van der Waals surface area contributed by atoms with Crippen LogP contribution in [0.4, 0.5) is 0 Å². The van der Waals surface area contributed by atoms with E-state index in [0.717, 1.165) is 0 Å². The number of aliphatic hydroxyl groups is 1. The fraction of sp³-hybridized carbons (Fsp3) is 0.727. The predicted octanol–water partition coefficient (Wildman–Crippen LogP) is 1.77. The van der Waals surface area contributed by atoms with Crippen molar-refractivity contribution in [3.05, 3.63) is 0 Å². The van der Waals surface area contributed by atoms with Gasteiger partial charge in [0.15, 0.2) is 5.78 Å². The molecule has 0 aromatic rings. The maximum absolute atomic E-state index is 11.2. The van der Waals surface area contributed by atoms with Crippen molar-refractivity contribution in [3.63, 3.8) is 0 Å². The van der Waals surface area contributed by atoms with E-state index < -0.39 is 5.60 Å². The van der Waals surface area contributed by atoms with Crippen LogP contribution < -0.4 is 0 Å². The lowest BCUT2D eigenvalue weighted by Gasteiger charge is -2.13. The maximum atomic E-state index is 11.2. The zero-order valence-corrected chi connectivity index (χ0v) is 9.06. The molecule has 0 spiro atoms. The summed E-state index contributed by atoms with van der Waals surface area (Å²) in [6.45, 7) is 8.90. The van der Waals surface area contributed by atoms with E-state index >= 15 is 0 Å². The van der Waals surface area contributed by atoms with Gasteiger partial charge in [-0.15, -0.1) is 0 Å². The average Bonchev–Trinajstić information content (AvgIpc) is 1.82. The van der Waals surface area contributed by atoms with E-state index in [9.17, 15) is 9.90 Å². The molecule has 74 valence electrons. The first-order chi connectivity index (χ1) is 5.63. The van der Waals surface area contributed by atoms with Crippen LogP contribution in [-0.4, -0.2) is 16.5 Å². The van der Waals surface area contributed by atoms with Gasteiger partial charge in [-0.2, -0.15) is 0 Å². The van der Waals surface area contributed by atoms with Crippen molar-refractivity contribution in [1.82, 2.24) is 0 Å². The zero-order chi connectivity index (χ0) is 10.7. The minimum absolute atomic E-state index is 0.0835. The molecule has 0 amide bonds. The van der Waals surface area contributed by atoms with E-state index in [1.54, 1.807) is 0 Å². The first-order valence-corrected chi connectivity index (χ1v) is 4.38. The van der Waals surface area contributed by atoms with Crippen LogP contribution in [0, 0.1) is 17.3 Å². The van der Waals surface area contributed by atoms with Gasteiger partial charge in [-0.05, 0) is 34.6 Å². The summed E-state index contributed by atoms with van der Waals surface area (Å²) >= 11 is 0. The zero-order valence-electron chi connectivity index (χ0n) is 9.06. The third-order valence-corrected chi connectivity index (χ3v) is 1.39. The molecule has 0 atom stereocenters. The fourth-order valence-corrected chi connectivity index (χ4v) is 0.606. The molecule has 0 aliphatic carbocycles. The molecule has 0 radical (unpaired) electrons. The molecule has 0 aromatic carbocycles. The van der Waals surface area contributed by atoms with Gasteiger partial charge in [0.1, 0.15) is 5.60 Å². The van der Waals surface area contributed by atoms with Gasteiger partial charge in [-0.1, -0.05) is 11.8 Å². The summed E-state index contributed by atoms with van der Waals surface area (Å²) in [6, 6.07) is 0. The molecule has 0 bridgehead atoms. The van der Waals surface area contributed by atoms with Crippen LogP contribution in [0.15, 0.2) is 0 Å². The first-order valence-electron chi connectivity index (χ1n) is 4.38. The highest BCUT2D eigenvalue weighted by atomic mass is 16.3. The van der Waals surface area contributed by atoms with Crippen LogP contribution in [0.3, 0.4) is 0 Å². The molecule has 0 unspecified atom stereocenters. The Morgan fingerprint density at radius 1 is 1.23 bits per heavy atom. The lowest BCUT2D eigenvalue weighted by molar-refractivity contribution is -0.132. The largest absolute Gasteiger partial charge is 0.383 e. The second-order valence-electron chi connectivity index (χ2n) is 4.71. The van der Waals surface area contributed by atoms with Crippen LogP contribution in [0.2, 0.25) is 0 Å². The van der Waals surface area contributed by atoms with E-state index in [1.165, 1.54) is 13.8 Å². The van der Waals surface area contributed by atoms with Crippen molar-refractivity contribution in [2.24, 2.45) is 5.41 Å². The second kappa shape index (κ2) is 3.93. The maximum Gasteiger partial charge on any atom is 0.175 e. The summed E-state index contributed by atoms with van der Waals surface area (Å²) in [6.07, 6.45) is 0.126. The van der Waals surface area contributed by atoms with Crippen molar-refractivity contribution in [2.45, 2.75) is 46.6 Å². The van der Waals surface area contributed by atoms with Gasteiger partial charge in [-0.3, -0.25) is 4.79 Å². The molecular formula is C11H18O2. The molecule has 0 aromatic heterocycles. The molecule has 13 heavy (non-hydrogen) atoms. The number of ketones is 1. The lowest BCUT2D eigenvalue weighted by atomic mass is 9.96. The van der Waals surface area contributed by atoms with E-state index in [1.807, 2.05) is 20.8 Å². The van der Waals surface area contributed by atoms with Gasteiger partial charge >= 0.3 is 0 Å². The van der Waals surface area contributed by atoms with Crippen molar-refractivity contribution in [3.8, 4) is 11.8 Å². The van der Waals surface area contributed by atoms with Gasteiger partial charge in [0, 0.05) is 5.41 Å². The molecule has 0 saturated heterocycles. The second-order valence-corrected chi connectivity index (χ2v) is 4.71. The number of carbonyl (C=O) groups is 1. The first kappa shape index (κ1) is 12.2. The van der Waals surface area contributed by atoms with Gasteiger partial charge in [0.25, 0.3) is 0 Å². The molecular weight excluding hydrogens is 164 g/mol. The topological polar surface area (TPSA) is 37.3 Å². The Morgan fingerprint density at radius 2 is 1.69 bits per heavy atom. The molecule has 0 saturated carbocycles.